The first-order valence-electron chi connectivity index (χ1n) is 11.3. The Morgan fingerprint density at radius 2 is 1.97 bits per heavy atom. The number of aliphatic carboxylic acids is 1. The van der Waals surface area contributed by atoms with Crippen molar-refractivity contribution >= 4 is 29.9 Å². The molecule has 1 N–H and O–H groups in total. The summed E-state index contributed by atoms with van der Waals surface area (Å²) in [4.78, 5) is 15.9. The summed E-state index contributed by atoms with van der Waals surface area (Å²) in [5.41, 5.74) is 7.75. The second-order valence-corrected chi connectivity index (χ2v) is 9.82. The standard InChI is InChI=1S/C28H29NO3S/c1-18(2)27-19(3)8-11-22(29-27)12-9-20-10-13-25-24(16-20)28(33-15-14-26(30)31)23-7-5-4-6-21(23)17-32-25/h4-13,16,18,28H,14-15,17H2,1-3H3,(H,30,31). The lowest BCUT2D eigenvalue weighted by molar-refractivity contribution is -0.136. The van der Waals surface area contributed by atoms with Gasteiger partial charge in [0, 0.05) is 17.0 Å². The Labute approximate surface area is 199 Å². The van der Waals surface area contributed by atoms with Gasteiger partial charge >= 0.3 is 5.97 Å². The minimum Gasteiger partial charge on any atom is -0.489 e. The molecular weight excluding hydrogens is 430 g/mol. The second-order valence-electron chi connectivity index (χ2n) is 8.61. The highest BCUT2D eigenvalue weighted by atomic mass is 32.2. The van der Waals surface area contributed by atoms with Gasteiger partial charge in [-0.05, 0) is 59.4 Å². The molecule has 0 spiro atoms. The zero-order valence-corrected chi connectivity index (χ0v) is 20.1. The van der Waals surface area contributed by atoms with Crippen LogP contribution in [-0.4, -0.2) is 21.8 Å². The largest absolute Gasteiger partial charge is 0.489 e. The minimum atomic E-state index is -0.774. The fraction of sp³-hybridized carbons (Fsp3) is 0.286. The first-order chi connectivity index (χ1) is 15.9. The molecule has 0 radical (unpaired) electrons. The van der Waals surface area contributed by atoms with E-state index in [1.807, 2.05) is 30.3 Å². The van der Waals surface area contributed by atoms with E-state index in [-0.39, 0.29) is 11.7 Å². The Hall–Kier alpha value is -3.05. The third kappa shape index (κ3) is 5.48. The third-order valence-corrected chi connectivity index (χ3v) is 7.07. The topological polar surface area (TPSA) is 59.4 Å². The summed E-state index contributed by atoms with van der Waals surface area (Å²) in [7, 11) is 0. The number of fused-ring (bicyclic) bond motifs is 2. The number of pyridine rings is 1. The molecule has 2 aromatic carbocycles. The second kappa shape index (κ2) is 10.3. The summed E-state index contributed by atoms with van der Waals surface area (Å²) in [6, 6.07) is 18.7. The Balaban J connectivity index is 1.67. The number of carboxylic acids is 1. The predicted molar refractivity (Wildman–Crippen MR) is 136 cm³/mol. The fourth-order valence-electron chi connectivity index (χ4n) is 4.11. The number of hydrogen-bond acceptors (Lipinski definition) is 4. The van der Waals surface area contributed by atoms with E-state index in [4.69, 9.17) is 14.8 Å². The van der Waals surface area contributed by atoms with Crippen LogP contribution in [0.5, 0.6) is 5.75 Å². The lowest BCUT2D eigenvalue weighted by Gasteiger charge is -2.19. The van der Waals surface area contributed by atoms with Crippen molar-refractivity contribution in [1.29, 1.82) is 0 Å². The van der Waals surface area contributed by atoms with Gasteiger partial charge in [-0.1, -0.05) is 56.3 Å². The zero-order valence-electron chi connectivity index (χ0n) is 19.2. The average molecular weight is 460 g/mol. The molecule has 3 aromatic rings. The van der Waals surface area contributed by atoms with Crippen molar-refractivity contribution < 1.29 is 14.6 Å². The summed E-state index contributed by atoms with van der Waals surface area (Å²) in [6.07, 6.45) is 4.26. The quantitative estimate of drug-likeness (QED) is 0.418. The van der Waals surface area contributed by atoms with Crippen LogP contribution in [0.2, 0.25) is 0 Å². The molecule has 4 rings (SSSR count). The van der Waals surface area contributed by atoms with Crippen molar-refractivity contribution in [2.45, 2.75) is 45.0 Å². The van der Waals surface area contributed by atoms with Crippen LogP contribution in [0, 0.1) is 6.92 Å². The maximum absolute atomic E-state index is 11.1. The molecule has 0 aliphatic carbocycles. The van der Waals surface area contributed by atoms with Crippen LogP contribution in [0.1, 0.15) is 70.6 Å². The van der Waals surface area contributed by atoms with E-state index in [2.05, 4.69) is 57.2 Å². The molecule has 1 atom stereocenters. The van der Waals surface area contributed by atoms with E-state index >= 15 is 0 Å². The van der Waals surface area contributed by atoms with E-state index in [0.29, 0.717) is 18.3 Å². The number of carboxylic acid groups (broad SMARTS) is 1. The summed E-state index contributed by atoms with van der Waals surface area (Å²) >= 11 is 1.66. The molecular formula is C28H29NO3S. The van der Waals surface area contributed by atoms with E-state index < -0.39 is 5.97 Å². The summed E-state index contributed by atoms with van der Waals surface area (Å²) < 4.78 is 6.14. The minimum absolute atomic E-state index is 0.0245. The van der Waals surface area contributed by atoms with Crippen LogP contribution in [-0.2, 0) is 11.4 Å². The van der Waals surface area contributed by atoms with Gasteiger partial charge in [-0.25, -0.2) is 0 Å². The number of rotatable bonds is 7. The van der Waals surface area contributed by atoms with Crippen LogP contribution < -0.4 is 4.74 Å². The molecule has 0 saturated heterocycles. The summed E-state index contributed by atoms with van der Waals surface area (Å²) in [5.74, 6) is 1.00. The molecule has 1 unspecified atom stereocenters. The maximum Gasteiger partial charge on any atom is 0.304 e. The van der Waals surface area contributed by atoms with Gasteiger partial charge in [-0.2, -0.15) is 0 Å². The first-order valence-corrected chi connectivity index (χ1v) is 12.3. The van der Waals surface area contributed by atoms with Crippen molar-refractivity contribution in [3.8, 4) is 5.75 Å². The molecule has 0 bridgehead atoms. The number of aryl methyl sites for hydroxylation is 1. The smallest absolute Gasteiger partial charge is 0.304 e. The van der Waals surface area contributed by atoms with Gasteiger partial charge in [0.2, 0.25) is 0 Å². The summed E-state index contributed by atoms with van der Waals surface area (Å²) in [5, 5.41) is 9.15. The van der Waals surface area contributed by atoms with Gasteiger partial charge in [0.15, 0.2) is 0 Å². The molecule has 1 aromatic heterocycles. The number of hydrogen-bond donors (Lipinski definition) is 1. The van der Waals surface area contributed by atoms with E-state index in [9.17, 15) is 4.79 Å². The molecule has 0 amide bonds. The fourth-order valence-corrected chi connectivity index (χ4v) is 5.42. The number of nitrogens with zero attached hydrogens (tertiary/aromatic N) is 1. The number of thioether (sulfide) groups is 1. The van der Waals surface area contributed by atoms with Gasteiger partial charge in [0.1, 0.15) is 12.4 Å². The van der Waals surface area contributed by atoms with Crippen molar-refractivity contribution in [1.82, 2.24) is 4.98 Å². The highest BCUT2D eigenvalue weighted by molar-refractivity contribution is 7.99. The SMILES string of the molecule is Cc1ccc(C=Cc2ccc3c(c2)C(SCCC(=O)O)c2ccccc2CO3)nc1C(C)C. The molecule has 2 heterocycles. The lowest BCUT2D eigenvalue weighted by atomic mass is 9.98. The van der Waals surface area contributed by atoms with Gasteiger partial charge in [-0.3, -0.25) is 9.78 Å². The van der Waals surface area contributed by atoms with Crippen molar-refractivity contribution in [3.63, 3.8) is 0 Å². The highest BCUT2D eigenvalue weighted by Crippen LogP contribution is 2.44. The van der Waals surface area contributed by atoms with Gasteiger partial charge in [-0.15, -0.1) is 11.8 Å². The Kier molecular flexibility index (Phi) is 7.19. The van der Waals surface area contributed by atoms with Crippen molar-refractivity contribution in [2.24, 2.45) is 0 Å². The molecule has 0 saturated carbocycles. The molecule has 33 heavy (non-hydrogen) atoms. The zero-order chi connectivity index (χ0) is 23.4. The monoisotopic (exact) mass is 459 g/mol. The number of benzene rings is 2. The molecule has 4 nitrogen and oxygen atoms in total. The highest BCUT2D eigenvalue weighted by Gasteiger charge is 2.25. The van der Waals surface area contributed by atoms with Gasteiger partial charge in [0.05, 0.1) is 17.4 Å². The van der Waals surface area contributed by atoms with Crippen molar-refractivity contribution in [3.05, 3.63) is 93.8 Å². The van der Waals surface area contributed by atoms with Gasteiger partial charge < -0.3 is 9.84 Å². The Morgan fingerprint density at radius 3 is 2.76 bits per heavy atom. The van der Waals surface area contributed by atoms with E-state index in [1.54, 1.807) is 11.8 Å². The molecule has 0 fully saturated rings. The van der Waals surface area contributed by atoms with Gasteiger partial charge in [0.25, 0.3) is 0 Å². The first kappa shape index (κ1) is 23.1. The van der Waals surface area contributed by atoms with E-state index in [1.165, 1.54) is 11.1 Å². The van der Waals surface area contributed by atoms with Crippen LogP contribution >= 0.6 is 11.8 Å². The summed E-state index contributed by atoms with van der Waals surface area (Å²) in [6.45, 7) is 6.94. The van der Waals surface area contributed by atoms with E-state index in [0.717, 1.165) is 33.8 Å². The van der Waals surface area contributed by atoms with Crippen LogP contribution in [0.4, 0.5) is 0 Å². The molecule has 1 aliphatic rings. The lowest BCUT2D eigenvalue weighted by Crippen LogP contribution is -2.03. The maximum atomic E-state index is 11.1. The van der Waals surface area contributed by atoms with Crippen molar-refractivity contribution in [2.75, 3.05) is 5.75 Å². The van der Waals surface area contributed by atoms with Crippen LogP contribution in [0.15, 0.2) is 54.6 Å². The number of ether oxygens (including phenoxy) is 1. The number of aromatic nitrogens is 1. The van der Waals surface area contributed by atoms with Crippen LogP contribution in [0.25, 0.3) is 12.2 Å². The third-order valence-electron chi connectivity index (χ3n) is 5.79. The predicted octanol–water partition coefficient (Wildman–Crippen LogP) is 6.87. The normalized spacial score (nSPS) is 15.1. The Morgan fingerprint density at radius 1 is 1.15 bits per heavy atom. The molecule has 170 valence electrons. The number of carbonyl (C=O) groups is 1. The molecule has 5 heteroatoms. The molecule has 1 aliphatic heterocycles. The average Bonchev–Trinajstić information content (AvgIpc) is 2.95. The Bertz CT molecular complexity index is 1190. The van der Waals surface area contributed by atoms with Crippen LogP contribution in [0.3, 0.4) is 0 Å².